The van der Waals surface area contributed by atoms with Crippen LogP contribution in [0.5, 0.6) is 0 Å². The zero-order valence-corrected chi connectivity index (χ0v) is 15.7. The molecule has 0 radical (unpaired) electrons. The molecule has 9 heteroatoms. The second-order valence-corrected chi connectivity index (χ2v) is 6.90. The summed E-state index contributed by atoms with van der Waals surface area (Å²) in [6, 6.07) is 7.20. The third kappa shape index (κ3) is 4.68. The predicted octanol–water partition coefficient (Wildman–Crippen LogP) is 1.77. The van der Waals surface area contributed by atoms with Gasteiger partial charge in [-0.25, -0.2) is 5.10 Å². The molecule has 8 nitrogen and oxygen atoms in total. The van der Waals surface area contributed by atoms with Crippen LogP contribution in [0, 0.1) is 3.57 Å². The molecule has 1 aliphatic heterocycles. The molecule has 0 aliphatic carbocycles. The van der Waals surface area contributed by atoms with Crippen molar-refractivity contribution in [3.63, 3.8) is 0 Å². The van der Waals surface area contributed by atoms with E-state index in [9.17, 15) is 9.59 Å². The van der Waals surface area contributed by atoms with E-state index < -0.39 is 0 Å². The summed E-state index contributed by atoms with van der Waals surface area (Å²) < 4.78 is 0.833. The van der Waals surface area contributed by atoms with E-state index in [1.165, 1.54) is 6.42 Å². The van der Waals surface area contributed by atoms with Gasteiger partial charge >= 0.3 is 0 Å². The number of aromatic amines is 1. The third-order valence-corrected chi connectivity index (χ3v) is 4.84. The van der Waals surface area contributed by atoms with E-state index in [4.69, 9.17) is 0 Å². The van der Waals surface area contributed by atoms with Crippen molar-refractivity contribution in [1.29, 1.82) is 0 Å². The zero-order valence-electron chi connectivity index (χ0n) is 13.6. The highest BCUT2D eigenvalue weighted by Crippen LogP contribution is 2.16. The smallest absolute Gasteiger partial charge is 0.252 e. The van der Waals surface area contributed by atoms with E-state index in [1.54, 1.807) is 12.1 Å². The van der Waals surface area contributed by atoms with Crippen LogP contribution in [0.1, 0.15) is 29.6 Å². The largest absolute Gasteiger partial charge is 0.343 e. The lowest BCUT2D eigenvalue weighted by Gasteiger charge is -2.24. The third-order valence-electron chi connectivity index (χ3n) is 3.90. The number of carbonyl (C=O) groups is 2. The Morgan fingerprint density at radius 3 is 2.72 bits per heavy atom. The van der Waals surface area contributed by atoms with Gasteiger partial charge in [0.05, 0.1) is 12.1 Å². The Bertz CT molecular complexity index is 757. The van der Waals surface area contributed by atoms with Crippen LogP contribution in [0.4, 0.5) is 11.9 Å². The van der Waals surface area contributed by atoms with E-state index >= 15 is 0 Å². The number of hydrogen-bond donors (Lipinski definition) is 3. The fourth-order valence-electron chi connectivity index (χ4n) is 2.62. The van der Waals surface area contributed by atoms with Gasteiger partial charge in [0.1, 0.15) is 0 Å². The van der Waals surface area contributed by atoms with Gasteiger partial charge in [0.15, 0.2) is 0 Å². The molecule has 0 spiro atoms. The first-order valence-corrected chi connectivity index (χ1v) is 9.21. The van der Waals surface area contributed by atoms with Gasteiger partial charge in [-0.1, -0.05) is 12.1 Å². The number of halogens is 1. The summed E-state index contributed by atoms with van der Waals surface area (Å²) in [5.74, 6) is 0.236. The van der Waals surface area contributed by atoms with Crippen molar-refractivity contribution >= 4 is 46.3 Å². The highest BCUT2D eigenvalue weighted by molar-refractivity contribution is 14.1. The van der Waals surface area contributed by atoms with E-state index in [-0.39, 0.29) is 24.3 Å². The highest BCUT2D eigenvalue weighted by atomic mass is 127. The molecule has 1 fully saturated rings. The molecule has 132 valence electrons. The number of carbonyl (C=O) groups excluding carboxylic acids is 2. The molecule has 0 atom stereocenters. The maximum Gasteiger partial charge on any atom is 0.252 e. The first-order valence-electron chi connectivity index (χ1n) is 8.13. The van der Waals surface area contributed by atoms with Crippen LogP contribution in [0.15, 0.2) is 24.3 Å². The van der Waals surface area contributed by atoms with Crippen LogP contribution >= 0.6 is 22.6 Å². The molecule has 0 unspecified atom stereocenters. The second-order valence-electron chi connectivity index (χ2n) is 5.74. The Kier molecular flexibility index (Phi) is 5.84. The van der Waals surface area contributed by atoms with Crippen LogP contribution in [0.2, 0.25) is 0 Å². The molecule has 1 aromatic carbocycles. The standard InChI is InChI=1S/C16H19IN6O2/c17-12-7-3-2-6-11(12)14(25)18-10-13(24)19-15-20-16(22-21-15)23-8-4-1-5-9-23/h2-3,6-7H,1,4-5,8-10H2,(H,18,25)(H2,19,20,21,22,24). The molecule has 3 rings (SSSR count). The van der Waals surface area contributed by atoms with Crippen molar-refractivity contribution in [1.82, 2.24) is 20.5 Å². The molecule has 0 bridgehead atoms. The number of aromatic nitrogens is 3. The topological polar surface area (TPSA) is 103 Å². The summed E-state index contributed by atoms with van der Waals surface area (Å²) in [6.45, 7) is 1.72. The van der Waals surface area contributed by atoms with Gasteiger partial charge in [-0.15, -0.1) is 5.10 Å². The number of anilines is 2. The van der Waals surface area contributed by atoms with Crippen molar-refractivity contribution in [2.45, 2.75) is 19.3 Å². The number of rotatable bonds is 5. The van der Waals surface area contributed by atoms with Gasteiger partial charge in [-0.2, -0.15) is 4.98 Å². The van der Waals surface area contributed by atoms with Gasteiger partial charge in [0.25, 0.3) is 5.91 Å². The van der Waals surface area contributed by atoms with E-state index in [2.05, 4.69) is 53.3 Å². The zero-order chi connectivity index (χ0) is 17.6. The average Bonchev–Trinajstić information content (AvgIpc) is 3.09. The molecule has 1 saturated heterocycles. The number of hydrogen-bond acceptors (Lipinski definition) is 5. The first kappa shape index (κ1) is 17.6. The molecule has 2 aromatic rings. The molecule has 3 N–H and O–H groups in total. The highest BCUT2D eigenvalue weighted by Gasteiger charge is 2.16. The molecule has 25 heavy (non-hydrogen) atoms. The lowest BCUT2D eigenvalue weighted by Crippen LogP contribution is -2.33. The van der Waals surface area contributed by atoms with Gasteiger partial charge in [0, 0.05) is 16.7 Å². The SMILES string of the molecule is O=C(CNC(=O)c1ccccc1I)Nc1nc(N2CCCCC2)n[nH]1. The minimum atomic E-state index is -0.361. The molecular weight excluding hydrogens is 435 g/mol. The predicted molar refractivity (Wildman–Crippen MR) is 103 cm³/mol. The van der Waals surface area contributed by atoms with Gasteiger partial charge in [-0.05, 0) is 54.0 Å². The number of benzene rings is 1. The second kappa shape index (κ2) is 8.28. The van der Waals surface area contributed by atoms with Crippen LogP contribution in [-0.4, -0.2) is 46.6 Å². The quantitative estimate of drug-likeness (QED) is 0.598. The lowest BCUT2D eigenvalue weighted by molar-refractivity contribution is -0.115. The maximum atomic E-state index is 12.1. The van der Waals surface area contributed by atoms with Crippen LogP contribution in [0.3, 0.4) is 0 Å². The first-order chi connectivity index (χ1) is 12.1. The molecular formula is C16H19IN6O2. The van der Waals surface area contributed by atoms with Crippen LogP contribution in [-0.2, 0) is 4.79 Å². The Balaban J connectivity index is 1.50. The van der Waals surface area contributed by atoms with E-state index in [0.29, 0.717) is 11.5 Å². The van der Waals surface area contributed by atoms with Gasteiger partial charge in [0.2, 0.25) is 17.8 Å². The fourth-order valence-corrected chi connectivity index (χ4v) is 3.25. The number of amides is 2. The molecule has 1 aromatic heterocycles. The monoisotopic (exact) mass is 454 g/mol. The number of H-pyrrole nitrogens is 1. The number of piperidine rings is 1. The summed E-state index contributed by atoms with van der Waals surface area (Å²) in [5.41, 5.74) is 0.544. The van der Waals surface area contributed by atoms with Crippen molar-refractivity contribution in [2.24, 2.45) is 0 Å². The Hall–Kier alpha value is -2.17. The maximum absolute atomic E-state index is 12.1. The van der Waals surface area contributed by atoms with Crippen molar-refractivity contribution in [2.75, 3.05) is 29.9 Å². The summed E-state index contributed by atoms with van der Waals surface area (Å²) in [4.78, 5) is 30.5. The molecule has 0 saturated carbocycles. The summed E-state index contributed by atoms with van der Waals surface area (Å²) >= 11 is 2.09. The number of nitrogens with one attached hydrogen (secondary N) is 3. The molecule has 1 aliphatic rings. The summed E-state index contributed by atoms with van der Waals surface area (Å²) in [6.07, 6.45) is 3.48. The van der Waals surface area contributed by atoms with Gasteiger partial charge in [-0.3, -0.25) is 14.9 Å². The van der Waals surface area contributed by atoms with Crippen molar-refractivity contribution < 1.29 is 9.59 Å². The minimum absolute atomic E-state index is 0.135. The Labute approximate surface area is 158 Å². The van der Waals surface area contributed by atoms with E-state index in [1.807, 2.05) is 12.1 Å². The Morgan fingerprint density at radius 2 is 1.96 bits per heavy atom. The molecule has 2 amide bonds. The molecule has 2 heterocycles. The Morgan fingerprint density at radius 1 is 1.20 bits per heavy atom. The fraction of sp³-hybridized carbons (Fsp3) is 0.375. The van der Waals surface area contributed by atoms with Crippen LogP contribution in [0.25, 0.3) is 0 Å². The summed E-state index contributed by atoms with van der Waals surface area (Å²) in [5, 5.41) is 12.1. The van der Waals surface area contributed by atoms with Gasteiger partial charge < -0.3 is 10.2 Å². The van der Waals surface area contributed by atoms with Crippen LogP contribution < -0.4 is 15.5 Å². The van der Waals surface area contributed by atoms with E-state index in [0.717, 1.165) is 29.5 Å². The lowest BCUT2D eigenvalue weighted by atomic mass is 10.1. The average molecular weight is 454 g/mol. The minimum Gasteiger partial charge on any atom is -0.343 e. The number of nitrogens with zero attached hydrogens (tertiary/aromatic N) is 3. The van der Waals surface area contributed by atoms with Crippen molar-refractivity contribution in [3.05, 3.63) is 33.4 Å². The summed E-state index contributed by atoms with van der Waals surface area (Å²) in [7, 11) is 0. The normalized spacial score (nSPS) is 14.2. The van der Waals surface area contributed by atoms with Crippen molar-refractivity contribution in [3.8, 4) is 0 Å².